The number of fused-ring (bicyclic) bond motifs is 1. The minimum atomic E-state index is -0.422. The fraction of sp³-hybridized carbons (Fsp3) is 0.368. The van der Waals surface area contributed by atoms with E-state index in [0.717, 1.165) is 28.6 Å². The van der Waals surface area contributed by atoms with Crippen LogP contribution in [-0.4, -0.2) is 36.5 Å². The molecule has 1 aromatic carbocycles. The zero-order valence-electron chi connectivity index (χ0n) is 13.9. The Hall–Kier alpha value is -2.74. The number of nitrogens with zero attached hydrogens (tertiary/aromatic N) is 1. The van der Waals surface area contributed by atoms with E-state index in [1.807, 2.05) is 18.3 Å². The highest BCUT2D eigenvalue weighted by atomic mass is 16.6. The fourth-order valence-electron chi connectivity index (χ4n) is 3.53. The van der Waals surface area contributed by atoms with Crippen molar-refractivity contribution in [1.29, 1.82) is 0 Å². The SMILES string of the molecule is C#CCN=C1C(C)CC(OC(=O)NC)C1c1cccc2cc[nH]c12. The molecule has 0 aliphatic heterocycles. The number of amides is 1. The number of rotatable bonds is 3. The molecule has 0 bridgehead atoms. The molecule has 3 atom stereocenters. The van der Waals surface area contributed by atoms with Crippen LogP contribution in [0.15, 0.2) is 35.5 Å². The number of para-hydroxylation sites is 1. The molecule has 2 aromatic rings. The molecule has 0 radical (unpaired) electrons. The third-order valence-corrected chi connectivity index (χ3v) is 4.55. The Labute approximate surface area is 141 Å². The number of carbonyl (C=O) groups is 1. The van der Waals surface area contributed by atoms with Crippen molar-refractivity contribution in [2.24, 2.45) is 10.9 Å². The Balaban J connectivity index is 2.07. The number of benzene rings is 1. The summed E-state index contributed by atoms with van der Waals surface area (Å²) in [4.78, 5) is 19.7. The first-order valence-corrected chi connectivity index (χ1v) is 8.07. The Morgan fingerprint density at radius 3 is 3.08 bits per heavy atom. The molecule has 0 spiro atoms. The second kappa shape index (κ2) is 6.79. The summed E-state index contributed by atoms with van der Waals surface area (Å²) in [6.07, 6.45) is 7.36. The van der Waals surface area contributed by atoms with Gasteiger partial charge in [-0.15, -0.1) is 6.42 Å². The number of aliphatic imine (C=N–C) groups is 1. The summed E-state index contributed by atoms with van der Waals surface area (Å²) in [5, 5.41) is 3.65. The Kier molecular flexibility index (Phi) is 4.57. The number of hydrogen-bond acceptors (Lipinski definition) is 3. The number of aromatic nitrogens is 1. The van der Waals surface area contributed by atoms with E-state index in [-0.39, 0.29) is 17.9 Å². The maximum absolute atomic E-state index is 11.8. The van der Waals surface area contributed by atoms with E-state index in [0.29, 0.717) is 6.54 Å². The maximum Gasteiger partial charge on any atom is 0.407 e. The molecule has 1 heterocycles. The zero-order chi connectivity index (χ0) is 17.1. The van der Waals surface area contributed by atoms with Gasteiger partial charge in [-0.1, -0.05) is 31.0 Å². The van der Waals surface area contributed by atoms with Crippen molar-refractivity contribution in [3.8, 4) is 12.3 Å². The van der Waals surface area contributed by atoms with Crippen LogP contribution >= 0.6 is 0 Å². The van der Waals surface area contributed by atoms with Crippen LogP contribution in [-0.2, 0) is 4.74 Å². The first-order chi connectivity index (χ1) is 11.7. The summed E-state index contributed by atoms with van der Waals surface area (Å²) in [6.45, 7) is 2.44. The van der Waals surface area contributed by atoms with E-state index < -0.39 is 6.09 Å². The number of nitrogens with one attached hydrogen (secondary N) is 2. The summed E-state index contributed by atoms with van der Waals surface area (Å²) in [5.41, 5.74) is 3.14. The highest BCUT2D eigenvalue weighted by molar-refractivity contribution is 5.99. The van der Waals surface area contributed by atoms with Gasteiger partial charge in [0.25, 0.3) is 0 Å². The van der Waals surface area contributed by atoms with Gasteiger partial charge in [-0.3, -0.25) is 4.99 Å². The van der Waals surface area contributed by atoms with Gasteiger partial charge >= 0.3 is 6.09 Å². The smallest absolute Gasteiger partial charge is 0.407 e. The Bertz CT molecular complexity index is 815. The summed E-state index contributed by atoms with van der Waals surface area (Å²) in [7, 11) is 1.56. The molecule has 24 heavy (non-hydrogen) atoms. The van der Waals surface area contributed by atoms with Crippen LogP contribution in [0.3, 0.4) is 0 Å². The molecular formula is C19H21N3O2. The predicted molar refractivity (Wildman–Crippen MR) is 95.3 cm³/mol. The van der Waals surface area contributed by atoms with Gasteiger partial charge in [-0.05, 0) is 29.4 Å². The van der Waals surface area contributed by atoms with Crippen molar-refractivity contribution in [3.05, 3.63) is 36.0 Å². The lowest BCUT2D eigenvalue weighted by Crippen LogP contribution is -2.29. The average molecular weight is 323 g/mol. The van der Waals surface area contributed by atoms with Gasteiger partial charge in [-0.2, -0.15) is 0 Å². The minimum Gasteiger partial charge on any atom is -0.445 e. The van der Waals surface area contributed by atoms with Crippen molar-refractivity contribution in [1.82, 2.24) is 10.3 Å². The van der Waals surface area contributed by atoms with E-state index in [2.05, 4.69) is 40.3 Å². The van der Waals surface area contributed by atoms with Gasteiger partial charge in [0.15, 0.2) is 0 Å². The van der Waals surface area contributed by atoms with Crippen LogP contribution in [0.25, 0.3) is 10.9 Å². The van der Waals surface area contributed by atoms with Crippen molar-refractivity contribution in [2.75, 3.05) is 13.6 Å². The van der Waals surface area contributed by atoms with E-state index in [4.69, 9.17) is 11.2 Å². The molecule has 1 amide bonds. The van der Waals surface area contributed by atoms with Crippen molar-refractivity contribution < 1.29 is 9.53 Å². The quantitative estimate of drug-likeness (QED) is 0.852. The lowest BCUT2D eigenvalue weighted by Gasteiger charge is -2.21. The standard InChI is InChI=1S/C19H21N3O2/c1-4-9-21-17-12(2)11-15(24-19(23)20-3)16(17)14-7-5-6-13-8-10-22-18(13)14/h1,5-8,10,12,15-16,22H,9,11H2,2-3H3,(H,20,23). The van der Waals surface area contributed by atoms with Crippen molar-refractivity contribution in [3.63, 3.8) is 0 Å². The number of ether oxygens (including phenoxy) is 1. The molecule has 1 fully saturated rings. The second-order valence-corrected chi connectivity index (χ2v) is 6.04. The molecule has 2 N–H and O–H groups in total. The maximum atomic E-state index is 11.8. The third kappa shape index (κ3) is 2.88. The van der Waals surface area contributed by atoms with Gasteiger partial charge in [0.1, 0.15) is 6.10 Å². The molecule has 0 saturated heterocycles. The first-order valence-electron chi connectivity index (χ1n) is 8.07. The largest absolute Gasteiger partial charge is 0.445 e. The van der Waals surface area contributed by atoms with Crippen LogP contribution in [0.1, 0.15) is 24.8 Å². The molecule has 1 aromatic heterocycles. The molecule has 1 aliphatic carbocycles. The van der Waals surface area contributed by atoms with E-state index in [9.17, 15) is 4.79 Å². The number of hydrogen-bond donors (Lipinski definition) is 2. The van der Waals surface area contributed by atoms with Crippen LogP contribution < -0.4 is 5.32 Å². The van der Waals surface area contributed by atoms with Crippen molar-refractivity contribution in [2.45, 2.75) is 25.4 Å². The van der Waals surface area contributed by atoms with Gasteiger partial charge < -0.3 is 15.0 Å². The highest BCUT2D eigenvalue weighted by Gasteiger charge is 2.42. The molecule has 3 rings (SSSR count). The Morgan fingerprint density at radius 2 is 2.33 bits per heavy atom. The third-order valence-electron chi connectivity index (χ3n) is 4.55. The number of H-pyrrole nitrogens is 1. The number of carbonyl (C=O) groups excluding carboxylic acids is 1. The van der Waals surface area contributed by atoms with Crippen LogP contribution in [0.5, 0.6) is 0 Å². The topological polar surface area (TPSA) is 66.5 Å². The molecule has 124 valence electrons. The van der Waals surface area contributed by atoms with Gasteiger partial charge in [0, 0.05) is 24.5 Å². The normalized spacial score (nSPS) is 24.9. The first kappa shape index (κ1) is 16.1. The number of alkyl carbamates (subject to hydrolysis) is 1. The second-order valence-electron chi connectivity index (χ2n) is 6.04. The number of aromatic amines is 1. The monoisotopic (exact) mass is 323 g/mol. The van der Waals surface area contributed by atoms with E-state index >= 15 is 0 Å². The Morgan fingerprint density at radius 1 is 1.50 bits per heavy atom. The molecular weight excluding hydrogens is 302 g/mol. The summed E-state index contributed by atoms with van der Waals surface area (Å²) in [5.74, 6) is 2.69. The average Bonchev–Trinajstić information content (AvgIpc) is 3.17. The predicted octanol–water partition coefficient (Wildman–Crippen LogP) is 3.09. The molecule has 1 saturated carbocycles. The minimum absolute atomic E-state index is 0.0898. The lowest BCUT2D eigenvalue weighted by molar-refractivity contribution is 0.0949. The number of terminal acetylenes is 1. The molecule has 5 nitrogen and oxygen atoms in total. The van der Waals surface area contributed by atoms with Gasteiger partial charge in [0.05, 0.1) is 12.5 Å². The van der Waals surface area contributed by atoms with Crippen molar-refractivity contribution >= 4 is 22.7 Å². The summed E-state index contributed by atoms with van der Waals surface area (Å²) in [6, 6.07) is 8.17. The van der Waals surface area contributed by atoms with Crippen LogP contribution in [0, 0.1) is 18.3 Å². The molecule has 5 heteroatoms. The molecule has 3 unspecified atom stereocenters. The summed E-state index contributed by atoms with van der Waals surface area (Å²) < 4.78 is 5.64. The van der Waals surface area contributed by atoms with Gasteiger partial charge in [-0.25, -0.2) is 4.79 Å². The van der Waals surface area contributed by atoms with E-state index in [1.54, 1.807) is 7.05 Å². The van der Waals surface area contributed by atoms with Crippen LogP contribution in [0.4, 0.5) is 4.79 Å². The summed E-state index contributed by atoms with van der Waals surface area (Å²) >= 11 is 0. The molecule has 1 aliphatic rings. The van der Waals surface area contributed by atoms with E-state index in [1.165, 1.54) is 0 Å². The highest BCUT2D eigenvalue weighted by Crippen LogP contribution is 2.40. The lowest BCUT2D eigenvalue weighted by atomic mass is 9.91. The zero-order valence-corrected chi connectivity index (χ0v) is 13.9. The fourth-order valence-corrected chi connectivity index (χ4v) is 3.53. The van der Waals surface area contributed by atoms with Crippen LogP contribution in [0.2, 0.25) is 0 Å². The van der Waals surface area contributed by atoms with Gasteiger partial charge in [0.2, 0.25) is 0 Å².